The van der Waals surface area contributed by atoms with Gasteiger partial charge in [-0.15, -0.1) is 0 Å². The average molecular weight is 479 g/mol. The molecule has 1 amide bonds. The van der Waals surface area contributed by atoms with Gasteiger partial charge in [0.2, 0.25) is 15.9 Å². The van der Waals surface area contributed by atoms with Crippen molar-refractivity contribution in [3.63, 3.8) is 0 Å². The molecule has 0 aliphatic rings. The molecule has 0 saturated carbocycles. The molecule has 29 heavy (non-hydrogen) atoms. The van der Waals surface area contributed by atoms with Gasteiger partial charge in [-0.05, 0) is 48.1 Å². The molecule has 0 aliphatic heterocycles. The monoisotopic (exact) mass is 478 g/mol. The Bertz CT molecular complexity index is 921. The number of hydrogen-bond donors (Lipinski definition) is 1. The molecule has 2 aromatic rings. The van der Waals surface area contributed by atoms with Crippen molar-refractivity contribution in [1.82, 2.24) is 5.32 Å². The molecule has 0 unspecified atom stereocenters. The summed E-state index contributed by atoms with van der Waals surface area (Å²) >= 11 is 13.5. The number of anilines is 1. The van der Waals surface area contributed by atoms with Crippen molar-refractivity contribution >= 4 is 56.6 Å². The number of carbonyl (C=O) groups excluding carboxylic acids is 1. The van der Waals surface area contributed by atoms with Crippen LogP contribution >= 0.6 is 35.0 Å². The van der Waals surface area contributed by atoms with Crippen LogP contribution in [0.5, 0.6) is 0 Å². The topological polar surface area (TPSA) is 66.5 Å². The van der Waals surface area contributed by atoms with E-state index in [1.54, 1.807) is 23.9 Å². The van der Waals surface area contributed by atoms with E-state index in [2.05, 4.69) is 5.32 Å². The minimum absolute atomic E-state index is 0.231. The summed E-state index contributed by atoms with van der Waals surface area (Å²) in [5.41, 5.74) is 1.26. The van der Waals surface area contributed by atoms with Gasteiger partial charge in [0, 0.05) is 22.3 Å². The number of sulfonamides is 1. The summed E-state index contributed by atoms with van der Waals surface area (Å²) in [7, 11) is -3.70. The third-order valence-electron chi connectivity index (χ3n) is 3.79. The van der Waals surface area contributed by atoms with E-state index < -0.39 is 15.9 Å². The first-order valence-electron chi connectivity index (χ1n) is 8.68. The van der Waals surface area contributed by atoms with E-state index in [1.807, 2.05) is 0 Å². The molecule has 158 valence electrons. The molecule has 1 N–H and O–H groups in total. The highest BCUT2D eigenvalue weighted by atomic mass is 35.5. The molecule has 0 atom stereocenters. The minimum Gasteiger partial charge on any atom is -0.354 e. The second kappa shape index (κ2) is 11.1. The van der Waals surface area contributed by atoms with E-state index in [-0.39, 0.29) is 28.1 Å². The Balaban J connectivity index is 1.79. The van der Waals surface area contributed by atoms with Crippen molar-refractivity contribution in [1.29, 1.82) is 0 Å². The van der Waals surface area contributed by atoms with Crippen LogP contribution in [0, 0.1) is 5.82 Å². The fourth-order valence-corrected chi connectivity index (χ4v) is 4.72. The zero-order valence-corrected chi connectivity index (χ0v) is 18.8. The van der Waals surface area contributed by atoms with Crippen molar-refractivity contribution in [2.75, 3.05) is 29.4 Å². The van der Waals surface area contributed by atoms with E-state index >= 15 is 0 Å². The number of amides is 1. The number of nitrogens with zero attached hydrogens (tertiary/aromatic N) is 1. The molecule has 0 aliphatic carbocycles. The number of hydrogen-bond acceptors (Lipinski definition) is 4. The second-order valence-electron chi connectivity index (χ2n) is 6.28. The van der Waals surface area contributed by atoms with Crippen LogP contribution in [0.4, 0.5) is 10.1 Å². The average Bonchev–Trinajstić information content (AvgIpc) is 2.62. The van der Waals surface area contributed by atoms with Gasteiger partial charge in [0.25, 0.3) is 0 Å². The predicted octanol–water partition coefficient (Wildman–Crippen LogP) is 4.34. The summed E-state index contributed by atoms with van der Waals surface area (Å²) in [5.74, 6) is 0.878. The molecule has 0 fully saturated rings. The van der Waals surface area contributed by atoms with Crippen LogP contribution in [0.3, 0.4) is 0 Å². The Hall–Kier alpha value is -1.48. The van der Waals surface area contributed by atoms with Crippen LogP contribution in [0.25, 0.3) is 0 Å². The second-order valence-corrected chi connectivity index (χ2v) is 10.2. The highest BCUT2D eigenvalue weighted by Gasteiger charge is 2.21. The molecular formula is C19H21Cl2FN2O3S2. The van der Waals surface area contributed by atoms with E-state index in [4.69, 9.17) is 23.2 Å². The van der Waals surface area contributed by atoms with Crippen molar-refractivity contribution in [3.8, 4) is 0 Å². The van der Waals surface area contributed by atoms with Crippen LogP contribution < -0.4 is 9.62 Å². The fourth-order valence-electron chi connectivity index (χ4n) is 2.44. The summed E-state index contributed by atoms with van der Waals surface area (Å²) < 4.78 is 38.0. The number of carbonyl (C=O) groups is 1. The van der Waals surface area contributed by atoms with Crippen molar-refractivity contribution in [2.24, 2.45) is 0 Å². The van der Waals surface area contributed by atoms with Gasteiger partial charge in [-0.25, -0.2) is 12.8 Å². The van der Waals surface area contributed by atoms with Gasteiger partial charge in [-0.3, -0.25) is 9.10 Å². The molecule has 2 aromatic carbocycles. The SMILES string of the molecule is CS(=O)(=O)N(CC(=O)NCCCSCc1ccc(F)cc1)c1cc(Cl)cc(Cl)c1. The molecule has 0 saturated heterocycles. The summed E-state index contributed by atoms with van der Waals surface area (Å²) in [4.78, 5) is 12.2. The van der Waals surface area contributed by atoms with E-state index in [1.165, 1.54) is 30.3 Å². The van der Waals surface area contributed by atoms with Crippen molar-refractivity contribution < 1.29 is 17.6 Å². The molecule has 10 heteroatoms. The molecule has 0 bridgehead atoms. The van der Waals surface area contributed by atoms with Gasteiger partial charge >= 0.3 is 0 Å². The lowest BCUT2D eigenvalue weighted by Crippen LogP contribution is -2.40. The third-order valence-corrected chi connectivity index (χ3v) is 6.48. The van der Waals surface area contributed by atoms with Gasteiger partial charge in [0.05, 0.1) is 11.9 Å². The number of halogens is 3. The highest BCUT2D eigenvalue weighted by molar-refractivity contribution is 7.98. The first kappa shape index (κ1) is 23.8. The lowest BCUT2D eigenvalue weighted by Gasteiger charge is -2.22. The Morgan fingerprint density at radius 3 is 2.34 bits per heavy atom. The lowest BCUT2D eigenvalue weighted by atomic mass is 10.2. The largest absolute Gasteiger partial charge is 0.354 e. The fraction of sp³-hybridized carbons (Fsp3) is 0.316. The highest BCUT2D eigenvalue weighted by Crippen LogP contribution is 2.26. The van der Waals surface area contributed by atoms with Crippen LogP contribution in [0.15, 0.2) is 42.5 Å². The molecule has 0 radical (unpaired) electrons. The first-order valence-corrected chi connectivity index (χ1v) is 12.4. The van der Waals surface area contributed by atoms with Crippen molar-refractivity contribution in [2.45, 2.75) is 12.2 Å². The summed E-state index contributed by atoms with van der Waals surface area (Å²) in [6.45, 7) is 0.0569. The van der Waals surface area contributed by atoms with E-state index in [0.717, 1.165) is 34.1 Å². The molecule has 0 spiro atoms. The van der Waals surface area contributed by atoms with Crippen LogP contribution in [0.2, 0.25) is 10.0 Å². The smallest absolute Gasteiger partial charge is 0.240 e. The standard InChI is InChI=1S/C19H21Cl2FN2O3S2/c1-29(26,27)24(18-10-15(20)9-16(21)11-18)12-19(25)23-7-2-8-28-13-14-3-5-17(22)6-4-14/h3-6,9-11H,2,7-8,12-13H2,1H3,(H,23,25). The van der Waals surface area contributed by atoms with Crippen molar-refractivity contribution in [3.05, 3.63) is 63.9 Å². The van der Waals surface area contributed by atoms with Crippen LogP contribution in [-0.4, -0.2) is 39.4 Å². The normalized spacial score (nSPS) is 11.3. The lowest BCUT2D eigenvalue weighted by molar-refractivity contribution is -0.119. The number of thioether (sulfide) groups is 1. The number of nitrogens with one attached hydrogen (secondary N) is 1. The molecule has 0 aromatic heterocycles. The summed E-state index contributed by atoms with van der Waals surface area (Å²) in [6.07, 6.45) is 1.74. The maximum Gasteiger partial charge on any atom is 0.240 e. The first-order chi connectivity index (χ1) is 13.6. The predicted molar refractivity (Wildman–Crippen MR) is 119 cm³/mol. The zero-order chi connectivity index (χ0) is 21.4. The Labute approximate surface area is 184 Å². The van der Waals surface area contributed by atoms with Gasteiger partial charge in [0.15, 0.2) is 0 Å². The maximum atomic E-state index is 12.9. The molecule has 2 rings (SSSR count). The summed E-state index contributed by atoms with van der Waals surface area (Å²) in [5, 5.41) is 3.27. The Morgan fingerprint density at radius 2 is 1.76 bits per heavy atom. The van der Waals surface area contributed by atoms with E-state index in [0.29, 0.717) is 6.54 Å². The van der Waals surface area contributed by atoms with Gasteiger partial charge in [-0.1, -0.05) is 35.3 Å². The van der Waals surface area contributed by atoms with Crippen LogP contribution in [0.1, 0.15) is 12.0 Å². The Morgan fingerprint density at radius 1 is 1.14 bits per heavy atom. The third kappa shape index (κ3) is 8.42. The quantitative estimate of drug-likeness (QED) is 0.515. The van der Waals surface area contributed by atoms with Gasteiger partial charge in [0.1, 0.15) is 12.4 Å². The van der Waals surface area contributed by atoms with Gasteiger partial charge < -0.3 is 5.32 Å². The maximum absolute atomic E-state index is 12.9. The zero-order valence-electron chi connectivity index (χ0n) is 15.7. The Kier molecular flexibility index (Phi) is 9.07. The van der Waals surface area contributed by atoms with Crippen LogP contribution in [-0.2, 0) is 20.6 Å². The number of benzene rings is 2. The van der Waals surface area contributed by atoms with E-state index in [9.17, 15) is 17.6 Å². The molecular weight excluding hydrogens is 458 g/mol. The number of rotatable bonds is 10. The minimum atomic E-state index is -3.70. The van der Waals surface area contributed by atoms with Gasteiger partial charge in [-0.2, -0.15) is 11.8 Å². The summed E-state index contributed by atoms with van der Waals surface area (Å²) in [6, 6.07) is 10.7. The molecule has 0 heterocycles. The molecule has 5 nitrogen and oxygen atoms in total.